The monoisotopic (exact) mass is 567 g/mol. The van der Waals surface area contributed by atoms with Crippen LogP contribution in [0.1, 0.15) is 37.8 Å². The molecule has 0 radical (unpaired) electrons. The highest BCUT2D eigenvalue weighted by Gasteiger charge is 2.32. The van der Waals surface area contributed by atoms with Gasteiger partial charge in [0.15, 0.2) is 0 Å². The Bertz CT molecular complexity index is 1570. The van der Waals surface area contributed by atoms with Crippen LogP contribution in [0.2, 0.25) is 0 Å². The van der Waals surface area contributed by atoms with E-state index < -0.39 is 17.6 Å². The van der Waals surface area contributed by atoms with Gasteiger partial charge in [0.2, 0.25) is 17.6 Å². The number of aromatic amines is 1. The average molecular weight is 568 g/mol. The van der Waals surface area contributed by atoms with Gasteiger partial charge in [-0.05, 0) is 60.2 Å². The third-order valence-electron chi connectivity index (χ3n) is 7.32. The van der Waals surface area contributed by atoms with E-state index in [4.69, 9.17) is 5.11 Å². The number of carbonyl (C=O) groups excluding carboxylic acids is 2. The Morgan fingerprint density at radius 2 is 1.74 bits per heavy atom. The third kappa shape index (κ3) is 6.69. The number of nitrogens with one attached hydrogen (secondary N) is 3. The number of carboxylic acid groups (broad SMARTS) is 1. The molecule has 5 rings (SSSR count). The zero-order valence-corrected chi connectivity index (χ0v) is 23.5. The van der Waals surface area contributed by atoms with Gasteiger partial charge in [-0.2, -0.15) is 5.21 Å². The summed E-state index contributed by atoms with van der Waals surface area (Å²) in [5, 5.41) is 29.2. The molecule has 11 nitrogen and oxygen atoms in total. The van der Waals surface area contributed by atoms with E-state index >= 15 is 0 Å². The normalized spacial score (nSPS) is 15.1. The van der Waals surface area contributed by atoms with Gasteiger partial charge in [0.1, 0.15) is 6.04 Å². The number of aromatic nitrogens is 4. The maximum absolute atomic E-state index is 13.9. The second kappa shape index (κ2) is 12.3. The van der Waals surface area contributed by atoms with Gasteiger partial charge in [0.25, 0.3) is 0 Å². The van der Waals surface area contributed by atoms with Gasteiger partial charge < -0.3 is 20.6 Å². The fourth-order valence-corrected chi connectivity index (χ4v) is 5.21. The first-order valence-corrected chi connectivity index (χ1v) is 13.8. The average Bonchev–Trinajstić information content (AvgIpc) is 3.48. The molecule has 1 aliphatic rings. The van der Waals surface area contributed by atoms with E-state index in [1.165, 1.54) is 0 Å². The number of para-hydroxylation sites is 1. The van der Waals surface area contributed by atoms with Crippen LogP contribution in [0.4, 0.5) is 5.69 Å². The Labute approximate surface area is 243 Å². The van der Waals surface area contributed by atoms with Crippen molar-refractivity contribution >= 4 is 23.5 Å². The molecule has 0 saturated heterocycles. The molecule has 0 bridgehead atoms. The van der Waals surface area contributed by atoms with Crippen LogP contribution < -0.4 is 15.5 Å². The Kier molecular flexibility index (Phi) is 8.39. The van der Waals surface area contributed by atoms with Gasteiger partial charge in [0, 0.05) is 23.2 Å². The van der Waals surface area contributed by atoms with Crippen LogP contribution in [-0.2, 0) is 27.3 Å². The van der Waals surface area contributed by atoms with E-state index in [2.05, 4.69) is 31.3 Å². The van der Waals surface area contributed by atoms with Crippen molar-refractivity contribution in [1.29, 1.82) is 0 Å². The molecule has 1 atom stereocenters. The van der Waals surface area contributed by atoms with Gasteiger partial charge in [0.05, 0.1) is 13.1 Å². The van der Waals surface area contributed by atoms with E-state index in [1.54, 1.807) is 18.7 Å². The van der Waals surface area contributed by atoms with Gasteiger partial charge in [-0.15, -0.1) is 10.2 Å². The zero-order chi connectivity index (χ0) is 29.7. The molecule has 4 aromatic rings. The first kappa shape index (κ1) is 28.6. The molecule has 0 spiro atoms. The number of carbonyl (C=O) groups is 3. The summed E-state index contributed by atoms with van der Waals surface area (Å²) in [7, 11) is 0. The number of amides is 2. The summed E-state index contributed by atoms with van der Waals surface area (Å²) in [6, 6.07) is 22.9. The highest BCUT2D eigenvalue weighted by molar-refractivity contribution is 6.00. The molecule has 3 aromatic carbocycles. The van der Waals surface area contributed by atoms with Crippen molar-refractivity contribution in [3.8, 4) is 22.5 Å². The lowest BCUT2D eigenvalue weighted by Gasteiger charge is -2.28. The Morgan fingerprint density at radius 1 is 1.02 bits per heavy atom. The molecule has 11 heteroatoms. The third-order valence-corrected chi connectivity index (χ3v) is 7.32. The van der Waals surface area contributed by atoms with E-state index in [1.807, 2.05) is 72.8 Å². The maximum Gasteiger partial charge on any atom is 0.317 e. The smallest absolute Gasteiger partial charge is 0.317 e. The van der Waals surface area contributed by atoms with Crippen molar-refractivity contribution in [2.24, 2.45) is 0 Å². The lowest BCUT2D eigenvalue weighted by molar-refractivity contribution is -0.136. The number of fused-ring (bicyclic) bond motifs is 1. The van der Waals surface area contributed by atoms with Gasteiger partial charge in [-0.1, -0.05) is 66.7 Å². The number of H-pyrrole nitrogens is 1. The highest BCUT2D eigenvalue weighted by atomic mass is 16.4. The van der Waals surface area contributed by atoms with Gasteiger partial charge in [-0.3, -0.25) is 14.4 Å². The maximum atomic E-state index is 13.9. The summed E-state index contributed by atoms with van der Waals surface area (Å²) in [5.74, 6) is -0.987. The number of aliphatic carboxylic acids is 1. The van der Waals surface area contributed by atoms with Crippen molar-refractivity contribution in [3.05, 3.63) is 83.9 Å². The fraction of sp³-hybridized carbons (Fsp3) is 0.290. The molecule has 0 aliphatic carbocycles. The summed E-state index contributed by atoms with van der Waals surface area (Å²) < 4.78 is 0. The zero-order valence-electron chi connectivity index (χ0n) is 23.5. The van der Waals surface area contributed by atoms with E-state index in [9.17, 15) is 14.4 Å². The molecule has 2 heterocycles. The first-order chi connectivity index (χ1) is 20.2. The molecule has 216 valence electrons. The molecule has 4 N–H and O–H groups in total. The number of aryl methyl sites for hydroxylation is 1. The predicted molar refractivity (Wildman–Crippen MR) is 157 cm³/mol. The van der Waals surface area contributed by atoms with Crippen LogP contribution in [0.3, 0.4) is 0 Å². The minimum absolute atomic E-state index is 0.0316. The fourth-order valence-electron chi connectivity index (χ4n) is 5.21. The molecule has 0 saturated carbocycles. The molecule has 0 unspecified atom stereocenters. The lowest BCUT2D eigenvalue weighted by atomic mass is 9.98. The van der Waals surface area contributed by atoms with Crippen molar-refractivity contribution in [3.63, 3.8) is 0 Å². The van der Waals surface area contributed by atoms with Gasteiger partial charge in [-0.25, -0.2) is 0 Å². The van der Waals surface area contributed by atoms with Crippen molar-refractivity contribution in [2.45, 2.75) is 51.2 Å². The molecule has 42 heavy (non-hydrogen) atoms. The number of hydrogen-bond acceptors (Lipinski definition) is 7. The largest absolute Gasteiger partial charge is 0.480 e. The number of benzene rings is 3. The summed E-state index contributed by atoms with van der Waals surface area (Å²) in [6.45, 7) is 3.60. The van der Waals surface area contributed by atoms with Crippen LogP contribution in [0.25, 0.3) is 22.5 Å². The minimum atomic E-state index is -1.000. The SMILES string of the molecule is CC(C)(CC(=O)N[C@@H]1CCc2ccccc2N(Cc2ccc(-c3ccccc3-c3nn[nH]n3)cc2)C1=O)NCC(=O)O. The van der Waals surface area contributed by atoms with Gasteiger partial charge >= 0.3 is 5.97 Å². The van der Waals surface area contributed by atoms with Crippen LogP contribution in [0.5, 0.6) is 0 Å². The number of carboxylic acids is 1. The van der Waals surface area contributed by atoms with E-state index in [0.29, 0.717) is 25.2 Å². The minimum Gasteiger partial charge on any atom is -0.480 e. The topological polar surface area (TPSA) is 153 Å². The van der Waals surface area contributed by atoms with Crippen LogP contribution in [0.15, 0.2) is 72.8 Å². The van der Waals surface area contributed by atoms with Crippen molar-refractivity contribution in [2.75, 3.05) is 11.4 Å². The lowest BCUT2D eigenvalue weighted by Crippen LogP contribution is -2.51. The molecule has 2 amide bonds. The number of nitrogens with zero attached hydrogens (tertiary/aromatic N) is 4. The van der Waals surface area contributed by atoms with E-state index in [-0.39, 0.29) is 24.8 Å². The molecule has 0 fully saturated rings. The Hall–Kier alpha value is -4.90. The highest BCUT2D eigenvalue weighted by Crippen LogP contribution is 2.32. The predicted octanol–water partition coefficient (Wildman–Crippen LogP) is 3.34. The van der Waals surface area contributed by atoms with E-state index in [0.717, 1.165) is 33.5 Å². The number of anilines is 1. The molecular formula is C31H33N7O4. The first-order valence-electron chi connectivity index (χ1n) is 13.8. The molecular weight excluding hydrogens is 534 g/mol. The standard InChI is InChI=1S/C31H33N7O4/c1-31(2,32-18-28(40)41)17-27(39)33-25-16-15-22-7-3-6-10-26(22)38(30(25)42)19-20-11-13-21(14-12-20)23-8-4-5-9-24(23)29-34-36-37-35-29/h3-14,25,32H,15-19H2,1-2H3,(H,33,39)(H,40,41)(H,34,35,36,37)/t25-/m1/s1. The number of rotatable bonds is 10. The Balaban J connectivity index is 1.35. The van der Waals surface area contributed by atoms with Crippen molar-refractivity contribution < 1.29 is 19.5 Å². The summed E-state index contributed by atoms with van der Waals surface area (Å²) >= 11 is 0. The Morgan fingerprint density at radius 3 is 2.45 bits per heavy atom. The molecule has 1 aromatic heterocycles. The molecule has 1 aliphatic heterocycles. The second-order valence-corrected chi connectivity index (χ2v) is 11.0. The van der Waals surface area contributed by atoms with Crippen LogP contribution >= 0.6 is 0 Å². The summed E-state index contributed by atoms with van der Waals surface area (Å²) in [5.41, 5.74) is 4.85. The number of hydrogen-bond donors (Lipinski definition) is 4. The second-order valence-electron chi connectivity index (χ2n) is 11.0. The quantitative estimate of drug-likeness (QED) is 0.228. The summed E-state index contributed by atoms with van der Waals surface area (Å²) in [4.78, 5) is 39.6. The number of tetrazole rings is 1. The van der Waals surface area contributed by atoms with Crippen LogP contribution in [-0.4, -0.2) is 61.6 Å². The van der Waals surface area contributed by atoms with Crippen molar-refractivity contribution in [1.82, 2.24) is 31.3 Å². The van der Waals surface area contributed by atoms with Crippen LogP contribution in [0, 0.1) is 0 Å². The summed E-state index contributed by atoms with van der Waals surface area (Å²) in [6.07, 6.45) is 1.13.